The van der Waals surface area contributed by atoms with E-state index in [1.807, 2.05) is 20.8 Å². The fourth-order valence-corrected chi connectivity index (χ4v) is 3.23. The van der Waals surface area contributed by atoms with Crippen molar-refractivity contribution in [3.8, 4) is 0 Å². The van der Waals surface area contributed by atoms with Crippen LogP contribution in [0.1, 0.15) is 24.7 Å². The summed E-state index contributed by atoms with van der Waals surface area (Å²) in [7, 11) is -3.51. The van der Waals surface area contributed by atoms with Gasteiger partial charge in [-0.3, -0.25) is 9.36 Å². The molecule has 0 bridgehead atoms. The highest BCUT2D eigenvalue weighted by molar-refractivity contribution is 7.89. The summed E-state index contributed by atoms with van der Waals surface area (Å²) in [6.07, 6.45) is 3.50. The van der Waals surface area contributed by atoms with Crippen molar-refractivity contribution in [1.29, 1.82) is 0 Å². The molecule has 2 rings (SSSR count). The first kappa shape index (κ1) is 17.0. The fraction of sp³-hybridized carbons (Fsp3) is 0.538. The van der Waals surface area contributed by atoms with Crippen molar-refractivity contribution < 1.29 is 8.42 Å². The third-order valence-corrected chi connectivity index (χ3v) is 5.34. The SMILES string of the molecule is CCn1cc(S(=O)(=O)NCCCn2nc(C)c(Cl)c2C)cn1. The van der Waals surface area contributed by atoms with E-state index in [0.717, 1.165) is 11.4 Å². The van der Waals surface area contributed by atoms with Gasteiger partial charge >= 0.3 is 0 Å². The maximum atomic E-state index is 12.1. The number of sulfonamides is 1. The van der Waals surface area contributed by atoms with Crippen LogP contribution in [0.15, 0.2) is 17.3 Å². The third kappa shape index (κ3) is 3.68. The van der Waals surface area contributed by atoms with Crippen molar-refractivity contribution in [2.45, 2.75) is 45.2 Å². The molecule has 0 aliphatic rings. The van der Waals surface area contributed by atoms with Gasteiger partial charge in [0.15, 0.2) is 0 Å². The van der Waals surface area contributed by atoms with Gasteiger partial charge in [0, 0.05) is 25.8 Å². The Bertz CT molecular complexity index is 751. The van der Waals surface area contributed by atoms with E-state index in [1.54, 1.807) is 9.36 Å². The predicted octanol–water partition coefficient (Wildman–Crippen LogP) is 1.74. The second kappa shape index (κ2) is 6.80. The molecule has 2 aromatic rings. The molecule has 0 amide bonds. The van der Waals surface area contributed by atoms with Gasteiger partial charge in [-0.05, 0) is 27.2 Å². The Morgan fingerprint density at radius 2 is 2.09 bits per heavy atom. The van der Waals surface area contributed by atoms with Gasteiger partial charge in [-0.25, -0.2) is 13.1 Å². The van der Waals surface area contributed by atoms with Crippen LogP contribution < -0.4 is 4.72 Å². The van der Waals surface area contributed by atoms with Gasteiger partial charge in [-0.1, -0.05) is 11.6 Å². The van der Waals surface area contributed by atoms with E-state index >= 15 is 0 Å². The first-order chi connectivity index (χ1) is 10.3. The molecule has 0 aromatic carbocycles. The first-order valence-corrected chi connectivity index (χ1v) is 8.93. The minimum atomic E-state index is -3.51. The summed E-state index contributed by atoms with van der Waals surface area (Å²) in [5, 5.41) is 8.94. The second-order valence-electron chi connectivity index (χ2n) is 4.99. The molecule has 0 aliphatic carbocycles. The maximum Gasteiger partial charge on any atom is 0.243 e. The number of nitrogens with zero attached hydrogens (tertiary/aromatic N) is 4. The fourth-order valence-electron chi connectivity index (χ4n) is 2.07. The van der Waals surface area contributed by atoms with Gasteiger partial charge in [0.05, 0.1) is 22.6 Å². The molecule has 22 heavy (non-hydrogen) atoms. The van der Waals surface area contributed by atoms with Gasteiger partial charge in [-0.2, -0.15) is 10.2 Å². The van der Waals surface area contributed by atoms with Crippen LogP contribution in [-0.4, -0.2) is 34.5 Å². The Balaban J connectivity index is 1.89. The highest BCUT2D eigenvalue weighted by atomic mass is 35.5. The lowest BCUT2D eigenvalue weighted by Gasteiger charge is -2.06. The Hall–Kier alpha value is -1.38. The van der Waals surface area contributed by atoms with Crippen LogP contribution >= 0.6 is 11.6 Å². The lowest BCUT2D eigenvalue weighted by atomic mass is 10.4. The number of nitrogens with one attached hydrogen (secondary N) is 1. The zero-order valence-electron chi connectivity index (χ0n) is 12.9. The van der Waals surface area contributed by atoms with Crippen LogP contribution in [0.4, 0.5) is 0 Å². The lowest BCUT2D eigenvalue weighted by molar-refractivity contribution is 0.544. The van der Waals surface area contributed by atoms with E-state index in [1.165, 1.54) is 12.4 Å². The molecule has 0 unspecified atom stereocenters. The Kier molecular flexibility index (Phi) is 5.25. The molecule has 0 saturated heterocycles. The van der Waals surface area contributed by atoms with Crippen molar-refractivity contribution in [3.05, 3.63) is 28.8 Å². The summed E-state index contributed by atoms with van der Waals surface area (Å²) in [6, 6.07) is 0. The number of hydrogen-bond donors (Lipinski definition) is 1. The van der Waals surface area contributed by atoms with E-state index < -0.39 is 10.0 Å². The maximum absolute atomic E-state index is 12.1. The van der Waals surface area contributed by atoms with Crippen molar-refractivity contribution in [2.75, 3.05) is 6.54 Å². The Morgan fingerprint density at radius 3 is 2.64 bits per heavy atom. The third-order valence-electron chi connectivity index (χ3n) is 3.38. The van der Waals surface area contributed by atoms with E-state index in [2.05, 4.69) is 14.9 Å². The topological polar surface area (TPSA) is 81.8 Å². The highest BCUT2D eigenvalue weighted by Crippen LogP contribution is 2.18. The molecule has 0 spiro atoms. The average molecular weight is 346 g/mol. The van der Waals surface area contributed by atoms with Crippen LogP contribution in [0, 0.1) is 13.8 Å². The van der Waals surface area contributed by atoms with E-state index in [9.17, 15) is 8.42 Å². The molecule has 0 radical (unpaired) electrons. The largest absolute Gasteiger partial charge is 0.272 e. The number of hydrogen-bond acceptors (Lipinski definition) is 4. The summed E-state index contributed by atoms with van der Waals surface area (Å²) < 4.78 is 30.1. The quantitative estimate of drug-likeness (QED) is 0.775. The molecule has 0 fully saturated rings. The van der Waals surface area contributed by atoms with Crippen molar-refractivity contribution in [2.24, 2.45) is 0 Å². The van der Waals surface area contributed by atoms with Gasteiger partial charge in [0.1, 0.15) is 4.90 Å². The minimum Gasteiger partial charge on any atom is -0.272 e. The van der Waals surface area contributed by atoms with Crippen molar-refractivity contribution in [1.82, 2.24) is 24.3 Å². The van der Waals surface area contributed by atoms with Crippen LogP contribution in [0.3, 0.4) is 0 Å². The van der Waals surface area contributed by atoms with Crippen LogP contribution in [0.25, 0.3) is 0 Å². The lowest BCUT2D eigenvalue weighted by Crippen LogP contribution is -2.25. The van der Waals surface area contributed by atoms with Crippen molar-refractivity contribution in [3.63, 3.8) is 0 Å². The summed E-state index contributed by atoms with van der Waals surface area (Å²) in [4.78, 5) is 0.184. The van der Waals surface area contributed by atoms with E-state index in [4.69, 9.17) is 11.6 Å². The van der Waals surface area contributed by atoms with Crippen LogP contribution in [0.5, 0.6) is 0 Å². The Labute approximate surface area is 135 Å². The second-order valence-corrected chi connectivity index (χ2v) is 7.14. The van der Waals surface area contributed by atoms with Crippen molar-refractivity contribution >= 4 is 21.6 Å². The highest BCUT2D eigenvalue weighted by Gasteiger charge is 2.15. The smallest absolute Gasteiger partial charge is 0.243 e. The number of aryl methyl sites for hydroxylation is 3. The number of aromatic nitrogens is 4. The molecule has 2 heterocycles. The predicted molar refractivity (Wildman–Crippen MR) is 84.4 cm³/mol. The van der Waals surface area contributed by atoms with Crippen LogP contribution in [-0.2, 0) is 23.1 Å². The molecular weight excluding hydrogens is 326 g/mol. The molecule has 7 nitrogen and oxygen atoms in total. The minimum absolute atomic E-state index is 0.184. The zero-order valence-corrected chi connectivity index (χ0v) is 14.4. The molecular formula is C13H20ClN5O2S. The zero-order chi connectivity index (χ0) is 16.3. The molecule has 1 N–H and O–H groups in total. The standard InChI is InChI=1S/C13H20ClN5O2S/c1-4-18-9-12(8-15-18)22(20,21)16-6-5-7-19-11(3)13(14)10(2)17-19/h8-9,16H,4-7H2,1-3H3. The van der Waals surface area contributed by atoms with E-state index in [0.29, 0.717) is 31.1 Å². The van der Waals surface area contributed by atoms with E-state index in [-0.39, 0.29) is 4.90 Å². The van der Waals surface area contributed by atoms with Gasteiger partial charge < -0.3 is 0 Å². The summed E-state index contributed by atoms with van der Waals surface area (Å²) in [5.41, 5.74) is 1.68. The molecule has 2 aromatic heterocycles. The van der Waals surface area contributed by atoms with Gasteiger partial charge in [0.25, 0.3) is 0 Å². The molecule has 0 atom stereocenters. The number of halogens is 1. The summed E-state index contributed by atoms with van der Waals surface area (Å²) >= 11 is 6.08. The molecule has 122 valence electrons. The Morgan fingerprint density at radius 1 is 1.36 bits per heavy atom. The van der Waals surface area contributed by atoms with Crippen LogP contribution in [0.2, 0.25) is 5.02 Å². The normalized spacial score (nSPS) is 12.0. The molecule has 9 heteroatoms. The molecule has 0 aliphatic heterocycles. The molecule has 0 saturated carbocycles. The average Bonchev–Trinajstić information content (AvgIpc) is 3.06. The monoisotopic (exact) mass is 345 g/mol. The van der Waals surface area contributed by atoms with Gasteiger partial charge in [-0.15, -0.1) is 0 Å². The summed E-state index contributed by atoms with van der Waals surface area (Å²) in [5.74, 6) is 0. The first-order valence-electron chi connectivity index (χ1n) is 7.06. The summed E-state index contributed by atoms with van der Waals surface area (Å²) in [6.45, 7) is 7.21. The number of rotatable bonds is 7. The van der Waals surface area contributed by atoms with Gasteiger partial charge in [0.2, 0.25) is 10.0 Å².